The first-order chi connectivity index (χ1) is 14.3. The van der Waals surface area contributed by atoms with Crippen molar-refractivity contribution in [3.05, 3.63) is 65.2 Å². The Morgan fingerprint density at radius 1 is 1.03 bits per heavy atom. The van der Waals surface area contributed by atoms with E-state index < -0.39 is 17.7 Å². The van der Waals surface area contributed by atoms with Crippen molar-refractivity contribution in [2.75, 3.05) is 25.5 Å². The van der Waals surface area contributed by atoms with Gasteiger partial charge in [-0.3, -0.25) is 0 Å². The van der Waals surface area contributed by atoms with E-state index in [1.165, 1.54) is 29.8 Å². The summed E-state index contributed by atoms with van der Waals surface area (Å²) in [4.78, 5) is 2.11. The van der Waals surface area contributed by atoms with E-state index in [1.807, 2.05) is 21.0 Å². The molecule has 0 radical (unpaired) electrons. The van der Waals surface area contributed by atoms with Crippen LogP contribution < -0.4 is 10.2 Å². The molecule has 2 unspecified atom stereocenters. The number of halogens is 2. The molecule has 5 heteroatoms. The first-order valence-electron chi connectivity index (χ1n) is 10.9. The van der Waals surface area contributed by atoms with Gasteiger partial charge in [0.2, 0.25) is 0 Å². The van der Waals surface area contributed by atoms with Gasteiger partial charge in [0.25, 0.3) is 0 Å². The lowest BCUT2D eigenvalue weighted by Crippen LogP contribution is -2.48. The Labute approximate surface area is 179 Å². The predicted molar refractivity (Wildman–Crippen MR) is 119 cm³/mol. The molecule has 1 aliphatic rings. The molecule has 2 N–H and O–H groups in total. The van der Waals surface area contributed by atoms with Crippen LogP contribution in [0.3, 0.4) is 0 Å². The van der Waals surface area contributed by atoms with E-state index in [9.17, 15) is 13.9 Å². The second-order valence-corrected chi connectivity index (χ2v) is 8.99. The van der Waals surface area contributed by atoms with E-state index in [4.69, 9.17) is 0 Å². The summed E-state index contributed by atoms with van der Waals surface area (Å²) in [5.41, 5.74) is 2.86. The lowest BCUT2D eigenvalue weighted by atomic mass is 9.76. The van der Waals surface area contributed by atoms with Gasteiger partial charge in [0.05, 0.1) is 6.10 Å². The molecule has 1 saturated carbocycles. The summed E-state index contributed by atoms with van der Waals surface area (Å²) in [6, 6.07) is 12.2. The zero-order chi connectivity index (χ0) is 21.7. The summed E-state index contributed by atoms with van der Waals surface area (Å²) in [5.74, 6) is -1.27. The molecule has 0 saturated heterocycles. The monoisotopic (exact) mass is 416 g/mol. The van der Waals surface area contributed by atoms with Crippen molar-refractivity contribution in [2.45, 2.75) is 57.1 Å². The lowest BCUT2D eigenvalue weighted by molar-refractivity contribution is 0.0947. The van der Waals surface area contributed by atoms with Crippen LogP contribution >= 0.6 is 0 Å². The van der Waals surface area contributed by atoms with Crippen LogP contribution in [0.4, 0.5) is 14.5 Å². The maximum absolute atomic E-state index is 13.5. The van der Waals surface area contributed by atoms with E-state index in [0.29, 0.717) is 18.5 Å². The Hall–Kier alpha value is -1.98. The fourth-order valence-corrected chi connectivity index (χ4v) is 4.54. The summed E-state index contributed by atoms with van der Waals surface area (Å²) in [5, 5.41) is 14.5. The maximum atomic E-state index is 13.5. The van der Waals surface area contributed by atoms with Crippen LogP contribution in [0.2, 0.25) is 0 Å². The van der Waals surface area contributed by atoms with Crippen molar-refractivity contribution in [1.29, 1.82) is 0 Å². The van der Waals surface area contributed by atoms with E-state index in [2.05, 4.69) is 34.5 Å². The number of hydrogen-bond acceptors (Lipinski definition) is 3. The summed E-state index contributed by atoms with van der Waals surface area (Å²) in [6.07, 6.45) is 5.47. The summed E-state index contributed by atoms with van der Waals surface area (Å²) in [7, 11) is 4.08. The molecule has 2 atom stereocenters. The molecule has 164 valence electrons. The van der Waals surface area contributed by atoms with Crippen LogP contribution in [0.1, 0.15) is 50.2 Å². The second-order valence-electron chi connectivity index (χ2n) is 8.99. The fraction of sp³-hybridized carbons (Fsp3) is 0.520. The van der Waals surface area contributed by atoms with Gasteiger partial charge in [0.15, 0.2) is 0 Å². The third-order valence-electron chi connectivity index (χ3n) is 6.41. The van der Waals surface area contributed by atoms with E-state index >= 15 is 0 Å². The highest BCUT2D eigenvalue weighted by molar-refractivity contribution is 5.49. The lowest BCUT2D eigenvalue weighted by Gasteiger charge is -2.40. The fourth-order valence-electron chi connectivity index (χ4n) is 4.54. The molecule has 2 aromatic rings. The van der Waals surface area contributed by atoms with Crippen LogP contribution in [0.25, 0.3) is 0 Å². The molecular weight excluding hydrogens is 382 g/mol. The van der Waals surface area contributed by atoms with Crippen LogP contribution in [-0.2, 0) is 12.0 Å². The average molecular weight is 417 g/mol. The van der Waals surface area contributed by atoms with Gasteiger partial charge in [-0.1, -0.05) is 38.3 Å². The Bertz CT molecular complexity index is 813. The molecule has 0 bridgehead atoms. The standard InChI is InChI=1S/C25H34F2N2O/c1-18(12-19-13-21(26)16-22(27)14-19)24(30)17-28-25(10-5-4-6-11-25)20-8-7-9-23(15-20)29(2)3/h7-9,13-16,18,24,28,30H,4-6,10-12,17H2,1-3H3. The molecule has 0 amide bonds. The zero-order valence-corrected chi connectivity index (χ0v) is 18.3. The van der Waals surface area contributed by atoms with Crippen molar-refractivity contribution in [3.8, 4) is 0 Å². The van der Waals surface area contributed by atoms with Gasteiger partial charge in [0, 0.05) is 37.9 Å². The van der Waals surface area contributed by atoms with Crippen molar-refractivity contribution in [3.63, 3.8) is 0 Å². The van der Waals surface area contributed by atoms with Crippen molar-refractivity contribution in [2.24, 2.45) is 5.92 Å². The molecule has 0 spiro atoms. The Balaban J connectivity index is 1.70. The first kappa shape index (κ1) is 22.7. The Kier molecular flexibility index (Phi) is 7.48. The largest absolute Gasteiger partial charge is 0.392 e. The zero-order valence-electron chi connectivity index (χ0n) is 18.3. The highest BCUT2D eigenvalue weighted by Crippen LogP contribution is 2.38. The number of aliphatic hydroxyl groups is 1. The topological polar surface area (TPSA) is 35.5 Å². The molecule has 1 aliphatic carbocycles. The summed E-state index contributed by atoms with van der Waals surface area (Å²) in [6.45, 7) is 2.38. The molecule has 3 rings (SSSR count). The third kappa shape index (κ3) is 5.58. The van der Waals surface area contributed by atoms with Crippen LogP contribution in [0.15, 0.2) is 42.5 Å². The van der Waals surface area contributed by atoms with Gasteiger partial charge in [0.1, 0.15) is 11.6 Å². The van der Waals surface area contributed by atoms with E-state index in [-0.39, 0.29) is 11.5 Å². The number of benzene rings is 2. The van der Waals surface area contributed by atoms with Gasteiger partial charge in [-0.25, -0.2) is 8.78 Å². The third-order valence-corrected chi connectivity index (χ3v) is 6.41. The van der Waals surface area contributed by atoms with Crippen molar-refractivity contribution in [1.82, 2.24) is 5.32 Å². The minimum atomic E-state index is -0.604. The highest BCUT2D eigenvalue weighted by Gasteiger charge is 2.34. The molecule has 2 aromatic carbocycles. The number of hydrogen-bond donors (Lipinski definition) is 2. The van der Waals surface area contributed by atoms with Crippen molar-refractivity contribution < 1.29 is 13.9 Å². The number of aliphatic hydroxyl groups excluding tert-OH is 1. The quantitative estimate of drug-likeness (QED) is 0.634. The number of nitrogens with zero attached hydrogens (tertiary/aromatic N) is 1. The van der Waals surface area contributed by atoms with Gasteiger partial charge in [-0.05, 0) is 60.6 Å². The summed E-state index contributed by atoms with van der Waals surface area (Å²) >= 11 is 0. The molecule has 1 fully saturated rings. The van der Waals surface area contributed by atoms with Crippen LogP contribution in [0.5, 0.6) is 0 Å². The molecule has 3 nitrogen and oxygen atoms in total. The SMILES string of the molecule is CC(Cc1cc(F)cc(F)c1)C(O)CNC1(c2cccc(N(C)C)c2)CCCCC1. The first-order valence-corrected chi connectivity index (χ1v) is 10.9. The van der Waals surface area contributed by atoms with Gasteiger partial charge < -0.3 is 15.3 Å². The second kappa shape index (κ2) is 9.88. The highest BCUT2D eigenvalue weighted by atomic mass is 19.1. The van der Waals surface area contributed by atoms with E-state index in [1.54, 1.807) is 0 Å². The van der Waals surface area contributed by atoms with Crippen molar-refractivity contribution >= 4 is 5.69 Å². The smallest absolute Gasteiger partial charge is 0.126 e. The number of nitrogens with one attached hydrogen (secondary N) is 1. The normalized spacial score (nSPS) is 18.1. The Morgan fingerprint density at radius 2 is 1.70 bits per heavy atom. The molecule has 0 aliphatic heterocycles. The minimum Gasteiger partial charge on any atom is -0.392 e. The molecule has 0 aromatic heterocycles. The molecular formula is C25H34F2N2O. The number of rotatable bonds is 8. The predicted octanol–water partition coefficient (Wildman–Crippen LogP) is 5.02. The number of anilines is 1. The van der Waals surface area contributed by atoms with Gasteiger partial charge >= 0.3 is 0 Å². The van der Waals surface area contributed by atoms with Gasteiger partial charge in [-0.2, -0.15) is 0 Å². The molecule has 0 heterocycles. The maximum Gasteiger partial charge on any atom is 0.126 e. The van der Waals surface area contributed by atoms with Crippen LogP contribution in [-0.4, -0.2) is 31.9 Å². The minimum absolute atomic E-state index is 0.118. The van der Waals surface area contributed by atoms with Crippen LogP contribution in [0, 0.1) is 17.6 Å². The average Bonchev–Trinajstić information content (AvgIpc) is 2.72. The van der Waals surface area contributed by atoms with E-state index in [0.717, 1.165) is 31.7 Å². The van der Waals surface area contributed by atoms with Gasteiger partial charge in [-0.15, -0.1) is 0 Å². The molecule has 30 heavy (non-hydrogen) atoms. The summed E-state index contributed by atoms with van der Waals surface area (Å²) < 4.78 is 27.0. The Morgan fingerprint density at radius 3 is 2.33 bits per heavy atom.